The Labute approximate surface area is 172 Å². The lowest BCUT2D eigenvalue weighted by Gasteiger charge is -2.26. The molecule has 1 fully saturated rings. The highest BCUT2D eigenvalue weighted by molar-refractivity contribution is 6.39. The van der Waals surface area contributed by atoms with Crippen LogP contribution in [0.3, 0.4) is 0 Å². The van der Waals surface area contributed by atoms with Crippen LogP contribution in [-0.2, 0) is 9.53 Å². The standard InChI is InChI=1S/C20H21Cl2NO5/c1-20(2,3)28-19(26)23-10-11(8-16(23)18(24)25)27-17-13-7-5-4-6-12(13)14(21)9-15(17)22/h4-7,9,11,16H,8,10H2,1-3H3,(H,24,25)/t11-,16-/m1/s1. The molecular weight excluding hydrogens is 405 g/mol. The van der Waals surface area contributed by atoms with E-state index in [1.807, 2.05) is 24.3 Å². The van der Waals surface area contributed by atoms with Crippen molar-refractivity contribution in [3.05, 3.63) is 40.4 Å². The molecule has 1 aliphatic heterocycles. The van der Waals surface area contributed by atoms with E-state index in [4.69, 9.17) is 32.7 Å². The smallest absolute Gasteiger partial charge is 0.411 e. The fourth-order valence-corrected chi connectivity index (χ4v) is 3.78. The van der Waals surface area contributed by atoms with E-state index in [-0.39, 0.29) is 13.0 Å². The van der Waals surface area contributed by atoms with Crippen molar-refractivity contribution in [1.29, 1.82) is 0 Å². The van der Waals surface area contributed by atoms with Crippen LogP contribution in [0.5, 0.6) is 5.75 Å². The fourth-order valence-electron chi connectivity index (χ4n) is 3.20. The van der Waals surface area contributed by atoms with Gasteiger partial charge in [-0.25, -0.2) is 9.59 Å². The van der Waals surface area contributed by atoms with Crippen LogP contribution in [0.1, 0.15) is 27.2 Å². The lowest BCUT2D eigenvalue weighted by atomic mass is 10.1. The third-order valence-corrected chi connectivity index (χ3v) is 4.95. The molecule has 0 aliphatic carbocycles. The van der Waals surface area contributed by atoms with Crippen molar-refractivity contribution < 1.29 is 24.2 Å². The first-order chi connectivity index (χ1) is 13.1. The minimum atomic E-state index is -1.11. The molecule has 1 saturated heterocycles. The first kappa shape index (κ1) is 20.6. The molecular formula is C20H21Cl2NO5. The van der Waals surface area contributed by atoms with Gasteiger partial charge in [0, 0.05) is 17.2 Å². The largest absolute Gasteiger partial charge is 0.486 e. The van der Waals surface area contributed by atoms with Crippen molar-refractivity contribution in [1.82, 2.24) is 4.90 Å². The number of halogens is 2. The molecule has 150 valence electrons. The number of hydrogen-bond donors (Lipinski definition) is 1. The van der Waals surface area contributed by atoms with Crippen molar-refractivity contribution in [2.45, 2.75) is 44.9 Å². The average Bonchev–Trinajstić information content (AvgIpc) is 3.02. The van der Waals surface area contributed by atoms with Gasteiger partial charge in [-0.15, -0.1) is 0 Å². The van der Waals surface area contributed by atoms with Gasteiger partial charge in [-0.3, -0.25) is 4.90 Å². The zero-order valence-electron chi connectivity index (χ0n) is 15.7. The quantitative estimate of drug-likeness (QED) is 0.749. The number of hydrogen-bond acceptors (Lipinski definition) is 4. The van der Waals surface area contributed by atoms with Crippen LogP contribution in [0.15, 0.2) is 30.3 Å². The van der Waals surface area contributed by atoms with E-state index in [2.05, 4.69) is 0 Å². The summed E-state index contributed by atoms with van der Waals surface area (Å²) in [6.45, 7) is 5.26. The summed E-state index contributed by atoms with van der Waals surface area (Å²) >= 11 is 12.6. The Morgan fingerprint density at radius 3 is 2.39 bits per heavy atom. The maximum Gasteiger partial charge on any atom is 0.411 e. The average molecular weight is 426 g/mol. The minimum Gasteiger partial charge on any atom is -0.486 e. The van der Waals surface area contributed by atoms with Crippen molar-refractivity contribution in [3.8, 4) is 5.75 Å². The van der Waals surface area contributed by atoms with Crippen LogP contribution in [-0.4, -0.2) is 46.4 Å². The van der Waals surface area contributed by atoms with Gasteiger partial charge in [-0.2, -0.15) is 0 Å². The fraction of sp³-hybridized carbons (Fsp3) is 0.400. The van der Waals surface area contributed by atoms with Gasteiger partial charge in [0.15, 0.2) is 0 Å². The Kier molecular flexibility index (Phi) is 5.64. The van der Waals surface area contributed by atoms with Gasteiger partial charge in [0.25, 0.3) is 0 Å². The molecule has 8 heteroatoms. The molecule has 2 aromatic carbocycles. The highest BCUT2D eigenvalue weighted by Crippen LogP contribution is 2.39. The van der Waals surface area contributed by atoms with E-state index in [0.717, 1.165) is 10.8 Å². The highest BCUT2D eigenvalue weighted by Gasteiger charge is 2.43. The van der Waals surface area contributed by atoms with Crippen molar-refractivity contribution >= 4 is 46.0 Å². The second kappa shape index (κ2) is 7.68. The molecule has 0 radical (unpaired) electrons. The van der Waals surface area contributed by atoms with Gasteiger partial charge in [0.1, 0.15) is 23.5 Å². The van der Waals surface area contributed by atoms with E-state index in [1.54, 1.807) is 26.8 Å². The van der Waals surface area contributed by atoms with E-state index in [9.17, 15) is 14.7 Å². The molecule has 2 aromatic rings. The first-order valence-corrected chi connectivity index (χ1v) is 9.58. The summed E-state index contributed by atoms with van der Waals surface area (Å²) in [5, 5.41) is 11.9. The number of ether oxygens (including phenoxy) is 2. The number of likely N-dealkylation sites (tertiary alicyclic amines) is 1. The number of rotatable bonds is 3. The van der Waals surface area contributed by atoms with Gasteiger partial charge >= 0.3 is 12.1 Å². The number of benzene rings is 2. The van der Waals surface area contributed by atoms with Crippen LogP contribution in [0.2, 0.25) is 10.0 Å². The van der Waals surface area contributed by atoms with Crippen molar-refractivity contribution in [2.24, 2.45) is 0 Å². The van der Waals surface area contributed by atoms with Gasteiger partial charge in [0.05, 0.1) is 16.6 Å². The number of carboxylic acids is 1. The predicted octanol–water partition coefficient (Wildman–Crippen LogP) is 4.99. The monoisotopic (exact) mass is 425 g/mol. The van der Waals surface area contributed by atoms with Crippen LogP contribution < -0.4 is 4.74 Å². The Morgan fingerprint density at radius 2 is 1.79 bits per heavy atom. The summed E-state index contributed by atoms with van der Waals surface area (Å²) in [5.74, 6) is -0.689. The molecule has 2 atom stereocenters. The van der Waals surface area contributed by atoms with E-state index in [0.29, 0.717) is 15.8 Å². The van der Waals surface area contributed by atoms with Crippen LogP contribution in [0.4, 0.5) is 4.79 Å². The molecule has 0 bridgehead atoms. The summed E-state index contributed by atoms with van der Waals surface area (Å²) in [6, 6.07) is 7.93. The number of nitrogens with zero attached hydrogens (tertiary/aromatic N) is 1. The Bertz CT molecular complexity index is 925. The minimum absolute atomic E-state index is 0.0825. The number of aliphatic carboxylic acids is 1. The predicted molar refractivity (Wildman–Crippen MR) is 107 cm³/mol. The van der Waals surface area contributed by atoms with Crippen molar-refractivity contribution in [3.63, 3.8) is 0 Å². The molecule has 1 aliphatic rings. The normalized spacial score (nSPS) is 19.7. The second-order valence-corrected chi connectivity index (χ2v) is 8.49. The number of carbonyl (C=O) groups is 2. The summed E-state index contributed by atoms with van der Waals surface area (Å²) in [5.41, 5.74) is -0.727. The maximum absolute atomic E-state index is 12.4. The maximum atomic E-state index is 12.4. The van der Waals surface area contributed by atoms with Crippen LogP contribution in [0, 0.1) is 0 Å². The number of carbonyl (C=O) groups excluding carboxylic acids is 1. The van der Waals surface area contributed by atoms with Crippen LogP contribution >= 0.6 is 23.2 Å². The molecule has 0 unspecified atom stereocenters. The summed E-state index contributed by atoms with van der Waals surface area (Å²) in [6.07, 6.45) is -1.10. The zero-order chi connectivity index (χ0) is 20.6. The first-order valence-electron chi connectivity index (χ1n) is 8.82. The topological polar surface area (TPSA) is 76.1 Å². The SMILES string of the molecule is CC(C)(C)OC(=O)N1C[C@H](Oc2c(Cl)cc(Cl)c3ccccc23)C[C@@H]1C(=O)O. The zero-order valence-corrected chi connectivity index (χ0v) is 17.3. The molecule has 6 nitrogen and oxygen atoms in total. The van der Waals surface area contributed by atoms with E-state index < -0.39 is 29.8 Å². The Balaban J connectivity index is 1.87. The number of amides is 1. The van der Waals surface area contributed by atoms with Crippen LogP contribution in [0.25, 0.3) is 10.8 Å². The Hall–Kier alpha value is -2.18. The van der Waals surface area contributed by atoms with Gasteiger partial charge in [-0.05, 0) is 26.8 Å². The number of fused-ring (bicyclic) bond motifs is 1. The third kappa shape index (κ3) is 4.28. The Morgan fingerprint density at radius 1 is 1.14 bits per heavy atom. The second-order valence-electron chi connectivity index (χ2n) is 7.68. The highest BCUT2D eigenvalue weighted by atomic mass is 35.5. The molecule has 1 N–H and O–H groups in total. The van der Waals surface area contributed by atoms with E-state index in [1.165, 1.54) is 4.90 Å². The molecule has 1 amide bonds. The third-order valence-electron chi connectivity index (χ3n) is 4.36. The summed E-state index contributed by atoms with van der Waals surface area (Å²) in [4.78, 5) is 25.3. The molecule has 0 saturated carbocycles. The molecule has 0 aromatic heterocycles. The summed E-state index contributed by atoms with van der Waals surface area (Å²) in [7, 11) is 0. The lowest BCUT2D eigenvalue weighted by Crippen LogP contribution is -2.43. The van der Waals surface area contributed by atoms with Gasteiger partial charge in [-0.1, -0.05) is 47.5 Å². The molecule has 3 rings (SSSR count). The van der Waals surface area contributed by atoms with Gasteiger partial charge < -0.3 is 14.6 Å². The number of carboxylic acid groups (broad SMARTS) is 1. The summed E-state index contributed by atoms with van der Waals surface area (Å²) < 4.78 is 11.4. The molecule has 28 heavy (non-hydrogen) atoms. The van der Waals surface area contributed by atoms with E-state index >= 15 is 0 Å². The van der Waals surface area contributed by atoms with Crippen molar-refractivity contribution in [2.75, 3.05) is 6.54 Å². The molecule has 1 heterocycles. The van der Waals surface area contributed by atoms with Gasteiger partial charge in [0.2, 0.25) is 0 Å². The lowest BCUT2D eigenvalue weighted by molar-refractivity contribution is -0.142. The molecule has 0 spiro atoms.